The zero-order valence-corrected chi connectivity index (χ0v) is 13.7. The molecule has 0 spiro atoms. The number of carbonyl (C=O) groups is 1. The van der Waals surface area contributed by atoms with Gasteiger partial charge in [0.05, 0.1) is 6.54 Å². The molecule has 0 aromatic carbocycles. The number of fused-ring (bicyclic) bond motifs is 1. The van der Waals surface area contributed by atoms with E-state index in [1.54, 1.807) is 17.5 Å². The van der Waals surface area contributed by atoms with E-state index in [4.69, 9.17) is 0 Å². The number of nitrogens with one attached hydrogen (secondary N) is 1. The van der Waals surface area contributed by atoms with Crippen molar-refractivity contribution in [3.63, 3.8) is 0 Å². The lowest BCUT2D eigenvalue weighted by Gasteiger charge is -2.27. The van der Waals surface area contributed by atoms with Crippen molar-refractivity contribution in [1.29, 1.82) is 0 Å². The number of hydrogen-bond acceptors (Lipinski definition) is 4. The molecule has 6 heteroatoms. The van der Waals surface area contributed by atoms with Crippen molar-refractivity contribution in [2.24, 2.45) is 0 Å². The van der Waals surface area contributed by atoms with E-state index in [-0.39, 0.29) is 5.91 Å². The summed E-state index contributed by atoms with van der Waals surface area (Å²) in [6, 6.07) is 4.37. The molecule has 1 aliphatic rings. The molecule has 0 saturated heterocycles. The minimum absolute atomic E-state index is 0.246. The molecule has 2 aromatic rings. The third kappa shape index (κ3) is 3.75. The molecule has 0 bridgehead atoms. The second kappa shape index (κ2) is 7.07. The van der Waals surface area contributed by atoms with Gasteiger partial charge in [-0.3, -0.25) is 9.48 Å². The second-order valence-corrected chi connectivity index (χ2v) is 6.77. The fourth-order valence-electron chi connectivity index (χ4n) is 2.80. The van der Waals surface area contributed by atoms with Crippen molar-refractivity contribution < 1.29 is 4.79 Å². The van der Waals surface area contributed by atoms with Gasteiger partial charge in [0, 0.05) is 49.4 Å². The Bertz CT molecular complexity index is 607. The maximum atomic E-state index is 12.3. The lowest BCUT2D eigenvalue weighted by molar-refractivity contribution is -0.132. The van der Waals surface area contributed by atoms with Crippen LogP contribution in [0.25, 0.3) is 0 Å². The van der Waals surface area contributed by atoms with Crippen LogP contribution in [0.2, 0.25) is 0 Å². The molecule has 0 radical (unpaired) electrons. The first-order valence-corrected chi connectivity index (χ1v) is 8.64. The number of nitrogens with zero attached hydrogens (tertiary/aromatic N) is 3. The van der Waals surface area contributed by atoms with E-state index < -0.39 is 0 Å². The quantitative estimate of drug-likeness (QED) is 0.885. The number of rotatable bonds is 6. The zero-order valence-electron chi connectivity index (χ0n) is 12.9. The highest BCUT2D eigenvalue weighted by Gasteiger charge is 2.21. The van der Waals surface area contributed by atoms with Crippen LogP contribution in [0.15, 0.2) is 29.9 Å². The summed E-state index contributed by atoms with van der Waals surface area (Å²) in [5.74, 6) is 0.246. The third-order valence-electron chi connectivity index (χ3n) is 4.01. The van der Waals surface area contributed by atoms with Gasteiger partial charge in [-0.05, 0) is 36.4 Å². The van der Waals surface area contributed by atoms with Gasteiger partial charge in [-0.15, -0.1) is 11.3 Å². The predicted octanol–water partition coefficient (Wildman–Crippen LogP) is 1.90. The summed E-state index contributed by atoms with van der Waals surface area (Å²) in [5.41, 5.74) is 1.32. The van der Waals surface area contributed by atoms with Crippen molar-refractivity contribution in [3.8, 4) is 0 Å². The van der Waals surface area contributed by atoms with Crippen LogP contribution < -0.4 is 5.32 Å². The molecule has 1 atom stereocenters. The van der Waals surface area contributed by atoms with Crippen LogP contribution in [0.3, 0.4) is 0 Å². The smallest absolute Gasteiger partial charge is 0.224 e. The van der Waals surface area contributed by atoms with Crippen molar-refractivity contribution in [2.45, 2.75) is 38.9 Å². The maximum Gasteiger partial charge on any atom is 0.224 e. The van der Waals surface area contributed by atoms with E-state index in [0.29, 0.717) is 19.0 Å². The molecule has 0 aliphatic carbocycles. The molecule has 22 heavy (non-hydrogen) atoms. The number of carbonyl (C=O) groups excluding carboxylic acids is 1. The van der Waals surface area contributed by atoms with Crippen LogP contribution in [-0.2, 0) is 24.3 Å². The molecule has 3 rings (SSSR count). The first kappa shape index (κ1) is 15.2. The van der Waals surface area contributed by atoms with Gasteiger partial charge in [0.1, 0.15) is 0 Å². The highest BCUT2D eigenvalue weighted by molar-refractivity contribution is 7.10. The summed E-state index contributed by atoms with van der Waals surface area (Å²) in [4.78, 5) is 15.7. The Labute approximate surface area is 134 Å². The van der Waals surface area contributed by atoms with Crippen LogP contribution in [0.1, 0.15) is 23.8 Å². The Morgan fingerprint density at radius 1 is 1.55 bits per heavy atom. The van der Waals surface area contributed by atoms with Crippen molar-refractivity contribution >= 4 is 17.2 Å². The van der Waals surface area contributed by atoms with E-state index in [1.807, 2.05) is 21.8 Å². The van der Waals surface area contributed by atoms with Crippen LogP contribution in [0.4, 0.5) is 0 Å². The monoisotopic (exact) mass is 318 g/mol. The summed E-state index contributed by atoms with van der Waals surface area (Å²) in [5, 5.41) is 9.71. The van der Waals surface area contributed by atoms with Gasteiger partial charge in [-0.1, -0.05) is 0 Å². The van der Waals surface area contributed by atoms with E-state index in [2.05, 4.69) is 28.8 Å². The standard InChI is InChI=1S/C16H22N4OS/c1-13(11-20-8-2-6-18-20)17-7-3-16(21)19-9-4-15-14(12-19)5-10-22-15/h2,5-6,8,10,13,17H,3-4,7,9,11-12H2,1H3. The fourth-order valence-corrected chi connectivity index (χ4v) is 3.69. The Hall–Kier alpha value is -1.66. The topological polar surface area (TPSA) is 50.2 Å². The van der Waals surface area contributed by atoms with E-state index in [1.165, 1.54) is 10.4 Å². The van der Waals surface area contributed by atoms with Crippen molar-refractivity contribution in [2.75, 3.05) is 13.1 Å². The van der Waals surface area contributed by atoms with Gasteiger partial charge in [-0.25, -0.2) is 0 Å². The summed E-state index contributed by atoms with van der Waals surface area (Å²) >= 11 is 1.80. The van der Waals surface area contributed by atoms with E-state index >= 15 is 0 Å². The Balaban J connectivity index is 1.39. The third-order valence-corrected chi connectivity index (χ3v) is 5.04. The first-order chi connectivity index (χ1) is 10.7. The molecule has 0 saturated carbocycles. The van der Waals surface area contributed by atoms with Gasteiger partial charge >= 0.3 is 0 Å². The van der Waals surface area contributed by atoms with Crippen molar-refractivity contribution in [1.82, 2.24) is 20.0 Å². The van der Waals surface area contributed by atoms with Crippen LogP contribution in [0, 0.1) is 0 Å². The number of hydrogen-bond donors (Lipinski definition) is 1. The molecule has 1 N–H and O–H groups in total. The number of amides is 1. The Morgan fingerprint density at radius 2 is 2.45 bits per heavy atom. The van der Waals surface area contributed by atoms with Gasteiger partial charge in [0.25, 0.3) is 0 Å². The number of aromatic nitrogens is 2. The summed E-state index contributed by atoms with van der Waals surface area (Å²) < 4.78 is 1.90. The summed E-state index contributed by atoms with van der Waals surface area (Å²) in [6.45, 7) is 5.29. The largest absolute Gasteiger partial charge is 0.338 e. The second-order valence-electron chi connectivity index (χ2n) is 5.77. The van der Waals surface area contributed by atoms with Gasteiger partial charge < -0.3 is 10.2 Å². The molecule has 1 unspecified atom stereocenters. The highest BCUT2D eigenvalue weighted by atomic mass is 32.1. The minimum Gasteiger partial charge on any atom is -0.338 e. The lowest BCUT2D eigenvalue weighted by Crippen LogP contribution is -2.38. The normalized spacial score (nSPS) is 15.6. The molecule has 2 aromatic heterocycles. The minimum atomic E-state index is 0.246. The molecular weight excluding hydrogens is 296 g/mol. The van der Waals surface area contributed by atoms with Crippen LogP contribution in [-0.4, -0.2) is 39.7 Å². The maximum absolute atomic E-state index is 12.3. The van der Waals surface area contributed by atoms with Gasteiger partial charge in [0.2, 0.25) is 5.91 Å². The zero-order chi connectivity index (χ0) is 15.4. The molecule has 3 heterocycles. The van der Waals surface area contributed by atoms with Crippen LogP contribution in [0.5, 0.6) is 0 Å². The predicted molar refractivity (Wildman–Crippen MR) is 87.7 cm³/mol. The lowest BCUT2D eigenvalue weighted by atomic mass is 10.1. The molecule has 118 valence electrons. The average molecular weight is 318 g/mol. The molecule has 0 fully saturated rings. The van der Waals surface area contributed by atoms with Crippen molar-refractivity contribution in [3.05, 3.63) is 40.3 Å². The van der Waals surface area contributed by atoms with E-state index in [0.717, 1.165) is 26.1 Å². The fraction of sp³-hybridized carbons (Fsp3) is 0.500. The van der Waals surface area contributed by atoms with Gasteiger partial charge in [0.15, 0.2) is 0 Å². The Kier molecular flexibility index (Phi) is 4.90. The molecule has 1 aliphatic heterocycles. The average Bonchev–Trinajstić information content (AvgIpc) is 3.17. The van der Waals surface area contributed by atoms with Gasteiger partial charge in [-0.2, -0.15) is 5.10 Å². The first-order valence-electron chi connectivity index (χ1n) is 7.76. The van der Waals surface area contributed by atoms with E-state index in [9.17, 15) is 4.79 Å². The van der Waals surface area contributed by atoms with Crippen LogP contribution >= 0.6 is 11.3 Å². The molecule has 1 amide bonds. The molecular formula is C16H22N4OS. The summed E-state index contributed by atoms with van der Waals surface area (Å²) in [6.07, 6.45) is 5.30. The SMILES string of the molecule is CC(Cn1cccn1)NCCC(=O)N1CCc2sccc2C1. The highest BCUT2D eigenvalue weighted by Crippen LogP contribution is 2.24. The Morgan fingerprint density at radius 3 is 3.27 bits per heavy atom. The number of thiophene rings is 1. The summed E-state index contributed by atoms with van der Waals surface area (Å²) in [7, 11) is 0. The molecule has 5 nitrogen and oxygen atoms in total.